The lowest BCUT2D eigenvalue weighted by molar-refractivity contribution is -0.113. The van der Waals surface area contributed by atoms with Crippen molar-refractivity contribution in [3.8, 4) is 0 Å². The Balaban J connectivity index is 1.57. The largest absolute Gasteiger partial charge is 0.376 e. The molecule has 1 unspecified atom stereocenters. The number of ether oxygens (including phenoxy) is 1. The average molecular weight is 413 g/mol. The van der Waals surface area contributed by atoms with Crippen molar-refractivity contribution in [2.45, 2.75) is 35.5 Å². The van der Waals surface area contributed by atoms with Crippen LogP contribution in [0.25, 0.3) is 0 Å². The lowest BCUT2D eigenvalue weighted by Crippen LogP contribution is -2.25. The molecule has 1 amide bonds. The molecule has 0 spiro atoms. The number of anilines is 1. The summed E-state index contributed by atoms with van der Waals surface area (Å²) in [6.07, 6.45) is 1.83. The molecule has 1 atom stereocenters. The Hall–Kier alpha value is -2.15. The minimum Gasteiger partial charge on any atom is -0.376 e. The SMILES string of the molecule is NS(=O)(=O)c1ccc(NC(=O)CSc2n[nH]c(=O)n2CC2CCCO2)cc1. The molecule has 12 heteroatoms. The molecule has 1 aromatic heterocycles. The number of primary sulfonamides is 1. The average Bonchev–Trinajstić information content (AvgIpc) is 3.24. The summed E-state index contributed by atoms with van der Waals surface area (Å²) in [5.74, 6) is -0.283. The van der Waals surface area contributed by atoms with Gasteiger partial charge in [-0.2, -0.15) is 0 Å². The molecule has 27 heavy (non-hydrogen) atoms. The second-order valence-corrected chi connectivity index (χ2v) is 8.47. The number of carbonyl (C=O) groups is 1. The van der Waals surface area contributed by atoms with Crippen molar-refractivity contribution in [2.24, 2.45) is 5.14 Å². The van der Waals surface area contributed by atoms with Gasteiger partial charge in [0.15, 0.2) is 5.16 Å². The van der Waals surface area contributed by atoms with Gasteiger partial charge in [-0.05, 0) is 37.1 Å². The molecular weight excluding hydrogens is 394 g/mol. The van der Waals surface area contributed by atoms with E-state index in [0.717, 1.165) is 24.6 Å². The normalized spacial score (nSPS) is 17.1. The molecule has 2 aromatic rings. The highest BCUT2D eigenvalue weighted by atomic mass is 32.2. The topological polar surface area (TPSA) is 149 Å². The summed E-state index contributed by atoms with van der Waals surface area (Å²) in [4.78, 5) is 24.0. The van der Waals surface area contributed by atoms with E-state index in [4.69, 9.17) is 9.88 Å². The molecule has 4 N–H and O–H groups in total. The molecule has 0 aliphatic carbocycles. The minimum atomic E-state index is -3.78. The molecule has 1 aliphatic heterocycles. The predicted molar refractivity (Wildman–Crippen MR) is 99.0 cm³/mol. The number of H-pyrrole nitrogens is 1. The van der Waals surface area contributed by atoms with Gasteiger partial charge in [-0.15, -0.1) is 5.10 Å². The summed E-state index contributed by atoms with van der Waals surface area (Å²) in [5.41, 5.74) is 0.0961. The number of hydrogen-bond acceptors (Lipinski definition) is 7. The fourth-order valence-corrected chi connectivity index (χ4v) is 3.89. The first kappa shape index (κ1) is 19.6. The Kier molecular flexibility index (Phi) is 5.99. The molecular formula is C15H19N5O5S2. The first-order chi connectivity index (χ1) is 12.8. The summed E-state index contributed by atoms with van der Waals surface area (Å²) in [6, 6.07) is 5.52. The number of nitrogens with zero attached hydrogens (tertiary/aromatic N) is 2. The summed E-state index contributed by atoms with van der Waals surface area (Å²) >= 11 is 1.12. The van der Waals surface area contributed by atoms with Crippen LogP contribution < -0.4 is 16.1 Å². The number of carbonyl (C=O) groups excluding carboxylic acids is 1. The van der Waals surface area contributed by atoms with Crippen LogP contribution in [-0.2, 0) is 26.1 Å². The van der Waals surface area contributed by atoms with Crippen molar-refractivity contribution in [1.29, 1.82) is 0 Å². The molecule has 146 valence electrons. The number of nitrogens with two attached hydrogens (primary N) is 1. The van der Waals surface area contributed by atoms with Gasteiger partial charge in [-0.25, -0.2) is 23.4 Å². The van der Waals surface area contributed by atoms with Crippen molar-refractivity contribution in [1.82, 2.24) is 14.8 Å². The number of aromatic nitrogens is 3. The van der Waals surface area contributed by atoms with Crippen LogP contribution in [-0.4, -0.2) is 47.6 Å². The molecule has 10 nitrogen and oxygen atoms in total. The fourth-order valence-electron chi connectivity index (χ4n) is 2.62. The van der Waals surface area contributed by atoms with Gasteiger partial charge in [0.2, 0.25) is 15.9 Å². The van der Waals surface area contributed by atoms with Crippen molar-refractivity contribution in [3.63, 3.8) is 0 Å². The monoisotopic (exact) mass is 413 g/mol. The first-order valence-corrected chi connectivity index (χ1v) is 10.7. The second kappa shape index (κ2) is 8.25. The highest BCUT2D eigenvalue weighted by Gasteiger charge is 2.20. The number of sulfonamides is 1. The molecule has 1 saturated heterocycles. The van der Waals surface area contributed by atoms with Crippen LogP contribution >= 0.6 is 11.8 Å². The maximum atomic E-state index is 12.1. The molecule has 2 heterocycles. The van der Waals surface area contributed by atoms with Gasteiger partial charge in [0, 0.05) is 12.3 Å². The quantitative estimate of drug-likeness (QED) is 0.546. The number of amides is 1. The molecule has 1 aromatic carbocycles. The van der Waals surface area contributed by atoms with Crippen LogP contribution in [0.2, 0.25) is 0 Å². The predicted octanol–water partition coefficient (Wildman–Crippen LogP) is 0.129. The minimum absolute atomic E-state index is 0.0224. The van der Waals surface area contributed by atoms with Crippen molar-refractivity contribution in [2.75, 3.05) is 17.7 Å². The number of rotatable bonds is 7. The molecule has 3 rings (SSSR count). The number of thioether (sulfide) groups is 1. The lowest BCUT2D eigenvalue weighted by atomic mass is 10.2. The van der Waals surface area contributed by atoms with E-state index < -0.39 is 10.0 Å². The number of aromatic amines is 1. The number of benzene rings is 1. The van der Waals surface area contributed by atoms with E-state index in [9.17, 15) is 18.0 Å². The zero-order valence-electron chi connectivity index (χ0n) is 14.3. The molecule has 0 bridgehead atoms. The maximum Gasteiger partial charge on any atom is 0.344 e. The van der Waals surface area contributed by atoms with Gasteiger partial charge >= 0.3 is 5.69 Å². The van der Waals surface area contributed by atoms with Crippen LogP contribution in [0.3, 0.4) is 0 Å². The third-order valence-electron chi connectivity index (χ3n) is 3.93. The second-order valence-electron chi connectivity index (χ2n) is 5.96. The number of nitrogens with one attached hydrogen (secondary N) is 2. The Labute approximate surface area is 159 Å². The Morgan fingerprint density at radius 1 is 1.41 bits per heavy atom. The van der Waals surface area contributed by atoms with Gasteiger partial charge in [0.1, 0.15) is 0 Å². The van der Waals surface area contributed by atoms with E-state index in [0.29, 0.717) is 24.0 Å². The van der Waals surface area contributed by atoms with E-state index in [1.807, 2.05) is 0 Å². The smallest absolute Gasteiger partial charge is 0.344 e. The Morgan fingerprint density at radius 3 is 2.78 bits per heavy atom. The van der Waals surface area contributed by atoms with Gasteiger partial charge in [0.25, 0.3) is 0 Å². The van der Waals surface area contributed by atoms with Crippen molar-refractivity contribution >= 4 is 33.4 Å². The van der Waals surface area contributed by atoms with Crippen LogP contribution in [0.4, 0.5) is 5.69 Å². The standard InChI is InChI=1S/C15H19N5O5S2/c16-27(23,24)12-5-3-10(4-6-12)17-13(21)9-26-15-19-18-14(22)20(15)8-11-2-1-7-25-11/h3-6,11H,1-2,7-9H2,(H,17,21)(H,18,22)(H2,16,23,24). The fraction of sp³-hybridized carbons (Fsp3) is 0.400. The van der Waals surface area contributed by atoms with Crippen molar-refractivity contribution < 1.29 is 17.9 Å². The first-order valence-electron chi connectivity index (χ1n) is 8.15. The zero-order valence-corrected chi connectivity index (χ0v) is 15.9. The lowest BCUT2D eigenvalue weighted by Gasteiger charge is -2.11. The van der Waals surface area contributed by atoms with E-state index >= 15 is 0 Å². The third-order valence-corrected chi connectivity index (χ3v) is 5.84. The highest BCUT2D eigenvalue weighted by molar-refractivity contribution is 7.99. The summed E-state index contributed by atoms with van der Waals surface area (Å²) in [7, 11) is -3.78. The number of hydrogen-bond donors (Lipinski definition) is 3. The van der Waals surface area contributed by atoms with Gasteiger partial charge < -0.3 is 10.1 Å². The van der Waals surface area contributed by atoms with Crippen LogP contribution in [0.1, 0.15) is 12.8 Å². The van der Waals surface area contributed by atoms with Crippen molar-refractivity contribution in [3.05, 3.63) is 34.7 Å². The molecule has 1 fully saturated rings. The Morgan fingerprint density at radius 2 is 2.15 bits per heavy atom. The van der Waals surface area contributed by atoms with Crippen LogP contribution in [0.5, 0.6) is 0 Å². The van der Waals surface area contributed by atoms with Crippen LogP contribution in [0, 0.1) is 0 Å². The Bertz CT molecular complexity index is 961. The molecule has 0 radical (unpaired) electrons. The van der Waals surface area contributed by atoms with Crippen LogP contribution in [0.15, 0.2) is 39.1 Å². The maximum absolute atomic E-state index is 12.1. The van der Waals surface area contributed by atoms with E-state index in [1.165, 1.54) is 28.8 Å². The van der Waals surface area contributed by atoms with Gasteiger partial charge in [-0.3, -0.25) is 9.36 Å². The summed E-state index contributed by atoms with van der Waals surface area (Å²) in [6.45, 7) is 1.08. The summed E-state index contributed by atoms with van der Waals surface area (Å²) in [5, 5.41) is 14.4. The van der Waals surface area contributed by atoms with Gasteiger partial charge in [0.05, 0.1) is 23.3 Å². The highest BCUT2D eigenvalue weighted by Crippen LogP contribution is 2.19. The molecule has 1 aliphatic rings. The van der Waals surface area contributed by atoms with E-state index in [-0.39, 0.29) is 28.3 Å². The van der Waals surface area contributed by atoms with E-state index in [2.05, 4.69) is 15.5 Å². The zero-order chi connectivity index (χ0) is 19.4. The summed E-state index contributed by atoms with van der Waals surface area (Å²) < 4.78 is 29.4. The third kappa shape index (κ3) is 5.19. The van der Waals surface area contributed by atoms with Gasteiger partial charge in [-0.1, -0.05) is 11.8 Å². The van der Waals surface area contributed by atoms with E-state index in [1.54, 1.807) is 0 Å². The molecule has 0 saturated carbocycles.